The molecule has 4 heteroatoms. The quantitative estimate of drug-likeness (QED) is 0.493. The Morgan fingerprint density at radius 2 is 1.25 bits per heavy atom. The third-order valence-corrected chi connectivity index (χ3v) is 0. The molecule has 0 radical (unpaired) electrons. The Balaban J connectivity index is 0. The maximum atomic E-state index is 2.97. The van der Waals surface area contributed by atoms with E-state index in [1.807, 2.05) is 0 Å². The van der Waals surface area contributed by atoms with Gasteiger partial charge >= 0.3 is 41.2 Å². The summed E-state index contributed by atoms with van der Waals surface area (Å²) in [5, 5.41) is 0. The zero-order valence-corrected chi connectivity index (χ0v) is 11.7. The molecule has 0 aliphatic heterocycles. The Bertz CT molecular complexity index is 27.0. The van der Waals surface area contributed by atoms with Crippen LogP contribution in [0.5, 0.6) is 0 Å². The van der Waals surface area contributed by atoms with E-state index in [9.17, 15) is 0 Å². The van der Waals surface area contributed by atoms with Gasteiger partial charge in [-0.25, -0.2) is 0 Å². The summed E-state index contributed by atoms with van der Waals surface area (Å²) in [6.07, 6.45) is 0. The van der Waals surface area contributed by atoms with Crippen LogP contribution in [-0.2, 0) is 18.4 Å². The predicted octanol–water partition coefficient (Wildman–Crippen LogP) is -0.342. The normalized spacial score (nSPS) is 5.00. The standard InChI is InChI=1S/ClH.Hg.2Se/h1H;;;. The fourth-order valence-electron chi connectivity index (χ4n) is 0. The zero-order valence-electron chi connectivity index (χ0n) is 1.93. The molecule has 0 atom stereocenters. The van der Waals surface area contributed by atoms with E-state index in [4.69, 9.17) is 0 Å². The summed E-state index contributed by atoms with van der Waals surface area (Å²) in [5.74, 6) is 0. The van der Waals surface area contributed by atoms with Crippen LogP contribution in [0.25, 0.3) is 0 Å². The molecule has 0 aromatic rings. The van der Waals surface area contributed by atoms with E-state index in [1.165, 1.54) is 0 Å². The van der Waals surface area contributed by atoms with Gasteiger partial charge in [-0.3, -0.25) is 0 Å². The first-order chi connectivity index (χ1) is 1.41. The molecule has 22 valence electrons. The Kier molecular flexibility index (Phi) is 21.4. The molecule has 0 nitrogen and oxygen atoms in total. The molecule has 0 saturated carbocycles. The topological polar surface area (TPSA) is 0 Å². The van der Waals surface area contributed by atoms with Gasteiger partial charge in [-0.1, -0.05) is 0 Å². The summed E-state index contributed by atoms with van der Waals surface area (Å²) in [5.41, 5.74) is 0. The molecule has 0 fully saturated rings. The minimum absolute atomic E-state index is 0. The third-order valence-electron chi connectivity index (χ3n) is 0. The monoisotopic (exact) mass is 398 g/mol. The molecule has 0 amide bonds. The minimum atomic E-state index is -0.333. The van der Waals surface area contributed by atoms with Gasteiger partial charge in [0.15, 0.2) is 0 Å². The molecular weight excluding hydrogens is 394 g/mol. The van der Waals surface area contributed by atoms with Crippen molar-refractivity contribution in [1.29, 1.82) is 0 Å². The third kappa shape index (κ3) is 8.86. The summed E-state index contributed by atoms with van der Waals surface area (Å²) < 4.78 is 0. The van der Waals surface area contributed by atoms with E-state index in [0.717, 1.165) is 0 Å². The molecule has 0 aromatic heterocycles. The van der Waals surface area contributed by atoms with Gasteiger partial charge in [-0.15, -0.1) is 12.4 Å². The molecule has 0 aromatic carbocycles. The van der Waals surface area contributed by atoms with E-state index in [2.05, 4.69) is 22.8 Å². The van der Waals surface area contributed by atoms with Gasteiger partial charge in [0.25, 0.3) is 0 Å². The van der Waals surface area contributed by atoms with E-state index < -0.39 is 0 Å². The molecule has 0 unspecified atom stereocenters. The molecule has 0 N–H and O–H groups in total. The summed E-state index contributed by atoms with van der Waals surface area (Å²) in [6.45, 7) is 0. The van der Waals surface area contributed by atoms with Gasteiger partial charge in [0, 0.05) is 0 Å². The van der Waals surface area contributed by atoms with Gasteiger partial charge in [-0.2, -0.15) is 0 Å². The van der Waals surface area contributed by atoms with Crippen molar-refractivity contribution in [2.45, 2.75) is 0 Å². The predicted molar refractivity (Wildman–Crippen MR) is 18.8 cm³/mol. The van der Waals surface area contributed by atoms with E-state index >= 15 is 0 Å². The molecule has 0 bridgehead atoms. The van der Waals surface area contributed by atoms with Crippen molar-refractivity contribution in [3.63, 3.8) is 0 Å². The van der Waals surface area contributed by atoms with Crippen LogP contribution in [0.15, 0.2) is 0 Å². The average Bonchev–Trinajstić information content (AvgIpc) is 0.918. The van der Waals surface area contributed by atoms with Gasteiger partial charge in [-0.05, 0) is 0 Å². The van der Waals surface area contributed by atoms with E-state index in [-0.39, 0.29) is 30.8 Å². The van der Waals surface area contributed by atoms with Crippen molar-refractivity contribution >= 4 is 35.2 Å². The fraction of sp³-hybridized carbons (Fsp3) is 0. The summed E-state index contributed by atoms with van der Waals surface area (Å²) in [4.78, 5) is 0. The molecule has 0 spiro atoms. The molecule has 0 aliphatic carbocycles. The summed E-state index contributed by atoms with van der Waals surface area (Å²) in [7, 11) is 0. The number of hydrogen-bond acceptors (Lipinski definition) is 0. The molecule has 0 heterocycles. The van der Waals surface area contributed by atoms with Crippen LogP contribution < -0.4 is 0 Å². The molecular formula is HClHgSe2. The number of hydrogen-bond donors (Lipinski definition) is 0. The Morgan fingerprint density at radius 1 is 1.25 bits per heavy atom. The molecule has 0 rings (SSSR count). The maximum absolute atomic E-state index is 2.97. The van der Waals surface area contributed by atoms with Crippen LogP contribution in [0.2, 0.25) is 0 Å². The number of rotatable bonds is 0. The van der Waals surface area contributed by atoms with Crippen molar-refractivity contribution in [2.24, 2.45) is 0 Å². The Morgan fingerprint density at radius 3 is 1.25 bits per heavy atom. The van der Waals surface area contributed by atoms with E-state index in [1.54, 1.807) is 0 Å². The van der Waals surface area contributed by atoms with Crippen LogP contribution in [0.3, 0.4) is 0 Å². The van der Waals surface area contributed by atoms with Crippen LogP contribution in [0, 0.1) is 0 Å². The Hall–Kier alpha value is 2.26. The molecule has 4 heavy (non-hydrogen) atoms. The van der Waals surface area contributed by atoms with Gasteiger partial charge in [0.2, 0.25) is 0 Å². The van der Waals surface area contributed by atoms with Crippen LogP contribution in [0.1, 0.15) is 0 Å². The molecule has 0 saturated heterocycles. The van der Waals surface area contributed by atoms with Crippen molar-refractivity contribution in [3.8, 4) is 0 Å². The van der Waals surface area contributed by atoms with Crippen LogP contribution in [-0.4, -0.2) is 22.8 Å². The van der Waals surface area contributed by atoms with Crippen molar-refractivity contribution in [2.75, 3.05) is 0 Å². The second kappa shape index (κ2) is 8.98. The first-order valence-corrected chi connectivity index (χ1v) is 26.3. The van der Waals surface area contributed by atoms with Crippen molar-refractivity contribution < 1.29 is 18.4 Å². The fourth-order valence-corrected chi connectivity index (χ4v) is 0. The van der Waals surface area contributed by atoms with E-state index in [0.29, 0.717) is 0 Å². The van der Waals surface area contributed by atoms with Gasteiger partial charge in [0.1, 0.15) is 0 Å². The SMILES string of the molecule is Cl.[Se]=[Hg]=[Se]. The Labute approximate surface area is 52.8 Å². The average molecular weight is 395 g/mol. The van der Waals surface area contributed by atoms with Crippen molar-refractivity contribution in [3.05, 3.63) is 0 Å². The van der Waals surface area contributed by atoms with Gasteiger partial charge in [0.05, 0.1) is 0 Å². The second-order valence-electron chi connectivity index (χ2n) is 0.118. The zero-order chi connectivity index (χ0) is 2.71. The van der Waals surface area contributed by atoms with Crippen LogP contribution >= 0.6 is 12.4 Å². The van der Waals surface area contributed by atoms with Gasteiger partial charge < -0.3 is 0 Å². The van der Waals surface area contributed by atoms with Crippen molar-refractivity contribution in [1.82, 2.24) is 0 Å². The second-order valence-corrected chi connectivity index (χ2v) is 27.9. The van der Waals surface area contributed by atoms with Crippen LogP contribution in [0.4, 0.5) is 0 Å². The summed E-state index contributed by atoms with van der Waals surface area (Å²) >= 11 is 5.61. The number of halogens is 1. The first-order valence-electron chi connectivity index (χ1n) is 0.577. The first kappa shape index (κ1) is 9.55. The molecule has 0 aliphatic rings. The summed E-state index contributed by atoms with van der Waals surface area (Å²) in [6, 6.07) is 0.